The highest BCUT2D eigenvalue weighted by Crippen LogP contribution is 2.34. The van der Waals surface area contributed by atoms with Crippen LogP contribution in [0, 0.1) is 11.3 Å². The van der Waals surface area contributed by atoms with E-state index in [0.29, 0.717) is 13.2 Å². The highest BCUT2D eigenvalue weighted by molar-refractivity contribution is 9.08. The molecule has 0 radical (unpaired) electrons. The van der Waals surface area contributed by atoms with Crippen molar-refractivity contribution >= 4 is 15.9 Å². The van der Waals surface area contributed by atoms with E-state index < -0.39 is 0 Å². The van der Waals surface area contributed by atoms with Crippen LogP contribution in [0.2, 0.25) is 0 Å². The zero-order valence-electron chi connectivity index (χ0n) is 9.08. The maximum absolute atomic E-state index is 9.41. The Kier molecular flexibility index (Phi) is 3.63. The van der Waals surface area contributed by atoms with Crippen molar-refractivity contribution in [1.29, 1.82) is 5.26 Å². The third kappa shape index (κ3) is 2.14. The summed E-state index contributed by atoms with van der Waals surface area (Å²) in [6, 6.07) is 10.8. The van der Waals surface area contributed by atoms with E-state index in [4.69, 9.17) is 4.74 Å². The summed E-state index contributed by atoms with van der Waals surface area (Å²) in [5, 5.41) is 10.3. The summed E-state index contributed by atoms with van der Waals surface area (Å²) in [7, 11) is 0. The summed E-state index contributed by atoms with van der Waals surface area (Å²) in [5.74, 6) is 0. The van der Waals surface area contributed by atoms with Crippen molar-refractivity contribution in [3.05, 3.63) is 35.4 Å². The maximum atomic E-state index is 9.41. The number of benzene rings is 1. The van der Waals surface area contributed by atoms with Crippen LogP contribution in [-0.4, -0.2) is 13.2 Å². The number of alkyl halides is 1. The van der Waals surface area contributed by atoms with Gasteiger partial charge in [-0.1, -0.05) is 40.2 Å². The smallest absolute Gasteiger partial charge is 0.0866 e. The van der Waals surface area contributed by atoms with E-state index in [1.165, 1.54) is 5.56 Å². The molecule has 0 bridgehead atoms. The first kappa shape index (κ1) is 11.6. The van der Waals surface area contributed by atoms with Crippen LogP contribution in [0.15, 0.2) is 24.3 Å². The maximum Gasteiger partial charge on any atom is 0.0866 e. The Morgan fingerprint density at radius 1 is 1.25 bits per heavy atom. The predicted octanol–water partition coefficient (Wildman–Crippen LogP) is 3.15. The number of halogens is 1. The number of nitrogens with zero attached hydrogens (tertiary/aromatic N) is 1. The molecular formula is C13H14BrNO. The van der Waals surface area contributed by atoms with E-state index in [1.807, 2.05) is 0 Å². The van der Waals surface area contributed by atoms with Crippen molar-refractivity contribution in [2.75, 3.05) is 13.2 Å². The minimum absolute atomic E-state index is 0.330. The van der Waals surface area contributed by atoms with Crippen LogP contribution in [0.25, 0.3) is 0 Å². The molecular weight excluding hydrogens is 266 g/mol. The molecule has 0 aromatic heterocycles. The second kappa shape index (κ2) is 4.99. The molecule has 1 saturated heterocycles. The Morgan fingerprint density at radius 3 is 2.38 bits per heavy atom. The first-order chi connectivity index (χ1) is 7.80. The van der Waals surface area contributed by atoms with Crippen LogP contribution >= 0.6 is 15.9 Å². The fourth-order valence-electron chi connectivity index (χ4n) is 2.10. The van der Waals surface area contributed by atoms with E-state index in [1.54, 1.807) is 0 Å². The molecule has 1 aliphatic heterocycles. The third-order valence-electron chi connectivity index (χ3n) is 3.22. The van der Waals surface area contributed by atoms with Gasteiger partial charge in [0.05, 0.1) is 11.5 Å². The van der Waals surface area contributed by atoms with Crippen LogP contribution in [-0.2, 0) is 15.5 Å². The highest BCUT2D eigenvalue weighted by atomic mass is 79.9. The Bertz CT molecular complexity index is 387. The number of nitriles is 1. The quantitative estimate of drug-likeness (QED) is 0.780. The van der Waals surface area contributed by atoms with Gasteiger partial charge in [-0.15, -0.1) is 0 Å². The normalized spacial score (nSPS) is 19.0. The van der Waals surface area contributed by atoms with Crippen molar-refractivity contribution in [2.45, 2.75) is 23.6 Å². The highest BCUT2D eigenvalue weighted by Gasteiger charge is 2.34. The van der Waals surface area contributed by atoms with Gasteiger partial charge in [-0.3, -0.25) is 0 Å². The van der Waals surface area contributed by atoms with Crippen LogP contribution in [0.4, 0.5) is 0 Å². The summed E-state index contributed by atoms with van der Waals surface area (Å²) >= 11 is 3.42. The van der Waals surface area contributed by atoms with Gasteiger partial charge >= 0.3 is 0 Å². The van der Waals surface area contributed by atoms with Gasteiger partial charge in [0, 0.05) is 18.5 Å². The minimum Gasteiger partial charge on any atom is -0.381 e. The van der Waals surface area contributed by atoms with Gasteiger partial charge in [-0.2, -0.15) is 5.26 Å². The van der Waals surface area contributed by atoms with Gasteiger partial charge in [-0.25, -0.2) is 0 Å². The van der Waals surface area contributed by atoms with Crippen LogP contribution in [0.1, 0.15) is 24.0 Å². The summed E-state index contributed by atoms with van der Waals surface area (Å²) in [6.45, 7) is 1.38. The van der Waals surface area contributed by atoms with Gasteiger partial charge in [0.15, 0.2) is 0 Å². The molecule has 0 aliphatic carbocycles. The largest absolute Gasteiger partial charge is 0.381 e. The average molecular weight is 280 g/mol. The van der Waals surface area contributed by atoms with Crippen molar-refractivity contribution in [3.63, 3.8) is 0 Å². The Labute approximate surface area is 104 Å². The molecule has 1 aromatic rings. The molecule has 0 saturated carbocycles. The number of ether oxygens (including phenoxy) is 1. The zero-order valence-corrected chi connectivity index (χ0v) is 10.7. The lowest BCUT2D eigenvalue weighted by Crippen LogP contribution is -2.32. The van der Waals surface area contributed by atoms with Gasteiger partial charge in [-0.05, 0) is 24.0 Å². The summed E-state index contributed by atoms with van der Waals surface area (Å²) in [6.07, 6.45) is 1.61. The molecule has 1 heterocycles. The molecule has 0 spiro atoms. The number of rotatable bonds is 2. The number of hydrogen-bond acceptors (Lipinski definition) is 2. The molecule has 0 N–H and O–H groups in total. The zero-order chi connectivity index (χ0) is 11.4. The fourth-order valence-corrected chi connectivity index (χ4v) is 2.47. The van der Waals surface area contributed by atoms with Gasteiger partial charge in [0.2, 0.25) is 0 Å². The molecule has 1 aliphatic rings. The molecule has 2 rings (SSSR count). The molecule has 2 nitrogen and oxygen atoms in total. The standard InChI is InChI=1S/C13H14BrNO/c14-9-11-1-3-12(4-2-11)13(10-15)5-7-16-8-6-13/h1-4H,5-9H2. The van der Waals surface area contributed by atoms with Gasteiger partial charge in [0.1, 0.15) is 0 Å². The van der Waals surface area contributed by atoms with Crippen LogP contribution in [0.3, 0.4) is 0 Å². The second-order valence-corrected chi connectivity index (χ2v) is 4.70. The lowest BCUT2D eigenvalue weighted by Gasteiger charge is -2.31. The van der Waals surface area contributed by atoms with E-state index in [2.05, 4.69) is 46.3 Å². The SMILES string of the molecule is N#CC1(c2ccc(CBr)cc2)CCOCC1. The van der Waals surface area contributed by atoms with E-state index in [0.717, 1.165) is 23.7 Å². The molecule has 0 amide bonds. The Hall–Kier alpha value is -0.850. The molecule has 1 aromatic carbocycles. The molecule has 0 unspecified atom stereocenters. The van der Waals surface area contributed by atoms with Crippen molar-refractivity contribution in [3.8, 4) is 6.07 Å². The lowest BCUT2D eigenvalue weighted by atomic mass is 9.75. The van der Waals surface area contributed by atoms with Crippen LogP contribution < -0.4 is 0 Å². The van der Waals surface area contributed by atoms with Crippen LogP contribution in [0.5, 0.6) is 0 Å². The molecule has 0 atom stereocenters. The average Bonchev–Trinajstić information content (AvgIpc) is 2.39. The lowest BCUT2D eigenvalue weighted by molar-refractivity contribution is 0.0675. The molecule has 1 fully saturated rings. The van der Waals surface area contributed by atoms with Crippen molar-refractivity contribution < 1.29 is 4.74 Å². The summed E-state index contributed by atoms with van der Waals surface area (Å²) < 4.78 is 5.33. The van der Waals surface area contributed by atoms with E-state index in [-0.39, 0.29) is 5.41 Å². The summed E-state index contributed by atoms with van der Waals surface area (Å²) in [4.78, 5) is 0. The predicted molar refractivity (Wildman–Crippen MR) is 66.4 cm³/mol. The minimum atomic E-state index is -0.330. The first-order valence-corrected chi connectivity index (χ1v) is 6.57. The molecule has 16 heavy (non-hydrogen) atoms. The molecule has 3 heteroatoms. The fraction of sp³-hybridized carbons (Fsp3) is 0.462. The third-order valence-corrected chi connectivity index (χ3v) is 3.87. The Morgan fingerprint density at radius 2 is 1.88 bits per heavy atom. The monoisotopic (exact) mass is 279 g/mol. The molecule has 84 valence electrons. The van der Waals surface area contributed by atoms with Crippen molar-refractivity contribution in [2.24, 2.45) is 0 Å². The summed E-state index contributed by atoms with van der Waals surface area (Å²) in [5.41, 5.74) is 2.04. The van der Waals surface area contributed by atoms with Gasteiger partial charge in [0.25, 0.3) is 0 Å². The second-order valence-electron chi connectivity index (χ2n) is 4.14. The van der Waals surface area contributed by atoms with E-state index >= 15 is 0 Å². The topological polar surface area (TPSA) is 33.0 Å². The first-order valence-electron chi connectivity index (χ1n) is 5.45. The van der Waals surface area contributed by atoms with E-state index in [9.17, 15) is 5.26 Å². The Balaban J connectivity index is 2.29. The van der Waals surface area contributed by atoms with Crippen molar-refractivity contribution in [1.82, 2.24) is 0 Å². The number of hydrogen-bond donors (Lipinski definition) is 0. The van der Waals surface area contributed by atoms with Gasteiger partial charge < -0.3 is 4.74 Å².